The smallest absolute Gasteiger partial charge is 0.251 e. The van der Waals surface area contributed by atoms with Crippen molar-refractivity contribution in [1.29, 1.82) is 0 Å². The SMILES string of the molecule is CCC(=O)NCCNC(=O)c1ccc(NC(=O)Cc2ccc(OC)c(OC)c2)cc1. The monoisotopic (exact) mass is 413 g/mol. The zero-order chi connectivity index (χ0) is 21.9. The zero-order valence-electron chi connectivity index (χ0n) is 17.4. The van der Waals surface area contributed by atoms with Crippen molar-refractivity contribution in [3.05, 3.63) is 53.6 Å². The molecule has 0 atom stereocenters. The van der Waals surface area contributed by atoms with Gasteiger partial charge in [-0.05, 0) is 42.0 Å². The number of methoxy groups -OCH3 is 2. The number of nitrogens with one attached hydrogen (secondary N) is 3. The molecule has 0 saturated carbocycles. The van der Waals surface area contributed by atoms with E-state index in [9.17, 15) is 14.4 Å². The van der Waals surface area contributed by atoms with Gasteiger partial charge < -0.3 is 25.4 Å². The molecule has 0 aromatic heterocycles. The standard InChI is InChI=1S/C22H27N3O5/c1-4-20(26)23-11-12-24-22(28)16-6-8-17(9-7-16)25-21(27)14-15-5-10-18(29-2)19(13-15)30-3/h5-10,13H,4,11-12,14H2,1-3H3,(H,23,26)(H,24,28)(H,25,27). The molecule has 160 valence electrons. The fourth-order valence-corrected chi connectivity index (χ4v) is 2.69. The van der Waals surface area contributed by atoms with E-state index >= 15 is 0 Å². The maximum absolute atomic E-state index is 12.3. The van der Waals surface area contributed by atoms with Gasteiger partial charge in [0.15, 0.2) is 11.5 Å². The van der Waals surface area contributed by atoms with Gasteiger partial charge in [-0.2, -0.15) is 0 Å². The second-order valence-electron chi connectivity index (χ2n) is 6.45. The lowest BCUT2D eigenvalue weighted by Crippen LogP contribution is -2.34. The highest BCUT2D eigenvalue weighted by molar-refractivity contribution is 5.96. The van der Waals surface area contributed by atoms with Gasteiger partial charge in [0, 0.05) is 30.8 Å². The first kappa shape index (κ1) is 22.7. The van der Waals surface area contributed by atoms with Crippen LogP contribution in [-0.4, -0.2) is 45.0 Å². The molecule has 0 aliphatic rings. The largest absolute Gasteiger partial charge is 0.493 e. The molecule has 2 aromatic carbocycles. The Morgan fingerprint density at radius 1 is 0.833 bits per heavy atom. The highest BCUT2D eigenvalue weighted by Gasteiger charge is 2.10. The molecular formula is C22H27N3O5. The predicted octanol–water partition coefficient (Wildman–Crippen LogP) is 2.14. The molecule has 0 aliphatic carbocycles. The van der Waals surface area contributed by atoms with Crippen LogP contribution in [0.5, 0.6) is 11.5 Å². The van der Waals surface area contributed by atoms with Gasteiger partial charge >= 0.3 is 0 Å². The lowest BCUT2D eigenvalue weighted by atomic mass is 10.1. The van der Waals surface area contributed by atoms with E-state index in [4.69, 9.17) is 9.47 Å². The van der Waals surface area contributed by atoms with Crippen LogP contribution in [0.1, 0.15) is 29.3 Å². The topological polar surface area (TPSA) is 106 Å². The second kappa shape index (κ2) is 11.5. The van der Waals surface area contributed by atoms with Gasteiger partial charge in [0.1, 0.15) is 0 Å². The van der Waals surface area contributed by atoms with Crippen molar-refractivity contribution in [1.82, 2.24) is 10.6 Å². The molecule has 0 aliphatic heterocycles. The average molecular weight is 413 g/mol. The summed E-state index contributed by atoms with van der Waals surface area (Å²) >= 11 is 0. The number of benzene rings is 2. The molecule has 2 rings (SSSR count). The van der Waals surface area contributed by atoms with E-state index in [2.05, 4.69) is 16.0 Å². The first-order chi connectivity index (χ1) is 14.5. The highest BCUT2D eigenvalue weighted by Crippen LogP contribution is 2.27. The number of ether oxygens (including phenoxy) is 2. The van der Waals surface area contributed by atoms with E-state index in [0.29, 0.717) is 42.3 Å². The fourth-order valence-electron chi connectivity index (χ4n) is 2.69. The minimum Gasteiger partial charge on any atom is -0.493 e. The van der Waals surface area contributed by atoms with E-state index in [0.717, 1.165) is 5.56 Å². The van der Waals surface area contributed by atoms with E-state index in [1.807, 2.05) is 0 Å². The van der Waals surface area contributed by atoms with Gasteiger partial charge in [0.05, 0.1) is 20.6 Å². The molecular weight excluding hydrogens is 386 g/mol. The Morgan fingerprint density at radius 2 is 1.50 bits per heavy atom. The number of carbonyl (C=O) groups is 3. The van der Waals surface area contributed by atoms with E-state index in [1.54, 1.807) is 63.6 Å². The van der Waals surface area contributed by atoms with Crippen LogP contribution in [0.4, 0.5) is 5.69 Å². The number of hydrogen-bond acceptors (Lipinski definition) is 5. The van der Waals surface area contributed by atoms with E-state index in [-0.39, 0.29) is 24.1 Å². The maximum Gasteiger partial charge on any atom is 0.251 e. The third-order valence-electron chi connectivity index (χ3n) is 4.30. The summed E-state index contributed by atoms with van der Waals surface area (Å²) in [6.45, 7) is 2.49. The summed E-state index contributed by atoms with van der Waals surface area (Å²) < 4.78 is 10.4. The van der Waals surface area contributed by atoms with Crippen molar-refractivity contribution in [3.63, 3.8) is 0 Å². The molecule has 30 heavy (non-hydrogen) atoms. The van der Waals surface area contributed by atoms with Crippen molar-refractivity contribution >= 4 is 23.4 Å². The predicted molar refractivity (Wildman–Crippen MR) is 114 cm³/mol. The zero-order valence-corrected chi connectivity index (χ0v) is 17.4. The molecule has 0 fully saturated rings. The van der Waals surface area contributed by atoms with Crippen LogP contribution < -0.4 is 25.4 Å². The van der Waals surface area contributed by atoms with Crippen molar-refractivity contribution in [2.75, 3.05) is 32.6 Å². The second-order valence-corrected chi connectivity index (χ2v) is 6.45. The molecule has 0 bridgehead atoms. The van der Waals surface area contributed by atoms with E-state index in [1.165, 1.54) is 0 Å². The summed E-state index contributed by atoms with van der Waals surface area (Å²) in [5.74, 6) is 0.670. The summed E-state index contributed by atoms with van der Waals surface area (Å²) in [6, 6.07) is 11.9. The number of carbonyl (C=O) groups excluding carboxylic acids is 3. The summed E-state index contributed by atoms with van der Waals surface area (Å²) in [6.07, 6.45) is 0.583. The molecule has 0 saturated heterocycles. The van der Waals surface area contributed by atoms with Crippen LogP contribution in [0, 0.1) is 0 Å². The van der Waals surface area contributed by atoms with Crippen LogP contribution in [0.25, 0.3) is 0 Å². The number of anilines is 1. The normalized spacial score (nSPS) is 10.1. The number of hydrogen-bond donors (Lipinski definition) is 3. The van der Waals surface area contributed by atoms with Gasteiger partial charge in [-0.25, -0.2) is 0 Å². The Kier molecular flexibility index (Phi) is 8.68. The third kappa shape index (κ3) is 6.80. The van der Waals surface area contributed by atoms with Crippen molar-refractivity contribution in [2.24, 2.45) is 0 Å². The molecule has 0 unspecified atom stereocenters. The Hall–Kier alpha value is -3.55. The van der Waals surface area contributed by atoms with Gasteiger partial charge in [0.25, 0.3) is 5.91 Å². The Balaban J connectivity index is 1.85. The molecule has 8 heteroatoms. The van der Waals surface area contributed by atoms with Gasteiger partial charge in [-0.1, -0.05) is 13.0 Å². The Labute approximate surface area is 175 Å². The molecule has 0 radical (unpaired) electrons. The lowest BCUT2D eigenvalue weighted by Gasteiger charge is -2.10. The van der Waals surface area contributed by atoms with Crippen LogP contribution in [0.2, 0.25) is 0 Å². The summed E-state index contributed by atoms with van der Waals surface area (Å²) in [4.78, 5) is 35.6. The summed E-state index contributed by atoms with van der Waals surface area (Å²) in [7, 11) is 3.10. The number of amides is 3. The first-order valence-corrected chi connectivity index (χ1v) is 9.62. The number of rotatable bonds is 10. The van der Waals surface area contributed by atoms with Crippen molar-refractivity contribution < 1.29 is 23.9 Å². The van der Waals surface area contributed by atoms with Crippen molar-refractivity contribution in [2.45, 2.75) is 19.8 Å². The van der Waals surface area contributed by atoms with Gasteiger partial charge in [0.2, 0.25) is 11.8 Å². The lowest BCUT2D eigenvalue weighted by molar-refractivity contribution is -0.120. The summed E-state index contributed by atoms with van der Waals surface area (Å²) in [5.41, 5.74) is 1.85. The quantitative estimate of drug-likeness (QED) is 0.518. The fraction of sp³-hybridized carbons (Fsp3) is 0.318. The van der Waals surface area contributed by atoms with Crippen LogP contribution in [-0.2, 0) is 16.0 Å². The van der Waals surface area contributed by atoms with Crippen LogP contribution >= 0.6 is 0 Å². The molecule has 8 nitrogen and oxygen atoms in total. The maximum atomic E-state index is 12.3. The van der Waals surface area contributed by atoms with Crippen LogP contribution in [0.15, 0.2) is 42.5 Å². The minimum atomic E-state index is -0.246. The Morgan fingerprint density at radius 3 is 2.13 bits per heavy atom. The Bertz CT molecular complexity index is 881. The van der Waals surface area contributed by atoms with E-state index < -0.39 is 0 Å². The van der Waals surface area contributed by atoms with Crippen molar-refractivity contribution in [3.8, 4) is 11.5 Å². The molecule has 3 N–H and O–H groups in total. The third-order valence-corrected chi connectivity index (χ3v) is 4.30. The highest BCUT2D eigenvalue weighted by atomic mass is 16.5. The minimum absolute atomic E-state index is 0.0579. The molecule has 3 amide bonds. The van der Waals surface area contributed by atoms with Crippen LogP contribution in [0.3, 0.4) is 0 Å². The molecule has 0 spiro atoms. The molecule has 2 aromatic rings. The van der Waals surface area contributed by atoms with Gasteiger partial charge in [-0.3, -0.25) is 14.4 Å². The van der Waals surface area contributed by atoms with Gasteiger partial charge in [-0.15, -0.1) is 0 Å². The average Bonchev–Trinajstić information content (AvgIpc) is 2.76. The molecule has 0 heterocycles. The summed E-state index contributed by atoms with van der Waals surface area (Å²) in [5, 5.41) is 8.22. The first-order valence-electron chi connectivity index (χ1n) is 9.62.